The fraction of sp³-hybridized carbons (Fsp3) is 0.462. The highest BCUT2D eigenvalue weighted by Crippen LogP contribution is 2.36. The topological polar surface area (TPSA) is 43.8 Å². The SMILES string of the molecule is CCc1nn(CC)c(CC(N)c2cc(Br)sc2Br)c1Cl. The van der Waals surface area contributed by atoms with Gasteiger partial charge in [0.2, 0.25) is 0 Å². The molecule has 0 amide bonds. The van der Waals surface area contributed by atoms with E-state index in [-0.39, 0.29) is 6.04 Å². The summed E-state index contributed by atoms with van der Waals surface area (Å²) in [6, 6.07) is 1.96. The second-order valence-corrected chi connectivity index (χ2v) is 8.59. The first-order valence-electron chi connectivity index (χ1n) is 6.42. The number of thiophene rings is 1. The molecule has 0 spiro atoms. The van der Waals surface area contributed by atoms with Crippen LogP contribution < -0.4 is 5.73 Å². The van der Waals surface area contributed by atoms with E-state index in [2.05, 4.69) is 56.9 Å². The summed E-state index contributed by atoms with van der Waals surface area (Å²) >= 11 is 15.1. The third-order valence-electron chi connectivity index (χ3n) is 3.19. The summed E-state index contributed by atoms with van der Waals surface area (Å²) < 4.78 is 4.08. The molecule has 0 aliphatic rings. The first kappa shape index (κ1) is 16.5. The number of hydrogen-bond donors (Lipinski definition) is 1. The lowest BCUT2D eigenvalue weighted by molar-refractivity contribution is 0.585. The Morgan fingerprint density at radius 2 is 2.15 bits per heavy atom. The summed E-state index contributed by atoms with van der Waals surface area (Å²) in [5.74, 6) is 0. The fourth-order valence-corrected chi connectivity index (χ4v) is 5.48. The average molecular weight is 442 g/mol. The van der Waals surface area contributed by atoms with Gasteiger partial charge in [-0.25, -0.2) is 0 Å². The second kappa shape index (κ2) is 6.92. The first-order valence-corrected chi connectivity index (χ1v) is 9.20. The van der Waals surface area contributed by atoms with Gasteiger partial charge in [0.05, 0.1) is 24.0 Å². The van der Waals surface area contributed by atoms with Gasteiger partial charge in [-0.2, -0.15) is 5.10 Å². The van der Waals surface area contributed by atoms with Gasteiger partial charge >= 0.3 is 0 Å². The van der Waals surface area contributed by atoms with Crippen molar-refractivity contribution in [2.45, 2.75) is 39.3 Å². The summed E-state index contributed by atoms with van der Waals surface area (Å²) in [6.45, 7) is 4.93. The maximum Gasteiger partial charge on any atom is 0.0850 e. The Labute approximate surface area is 144 Å². The Bertz CT molecular complexity index is 609. The molecule has 0 bridgehead atoms. The number of halogens is 3. The maximum atomic E-state index is 6.43. The molecule has 2 rings (SSSR count). The maximum absolute atomic E-state index is 6.43. The molecule has 2 heterocycles. The number of rotatable bonds is 5. The van der Waals surface area contributed by atoms with Crippen molar-refractivity contribution >= 4 is 54.8 Å². The van der Waals surface area contributed by atoms with Crippen molar-refractivity contribution in [3.05, 3.63) is 35.6 Å². The van der Waals surface area contributed by atoms with E-state index in [0.717, 1.165) is 42.5 Å². The van der Waals surface area contributed by atoms with Crippen molar-refractivity contribution in [3.63, 3.8) is 0 Å². The average Bonchev–Trinajstić information content (AvgIpc) is 2.90. The second-order valence-electron chi connectivity index (χ2n) is 4.47. The van der Waals surface area contributed by atoms with Crippen LogP contribution in [0.15, 0.2) is 13.6 Å². The van der Waals surface area contributed by atoms with Crippen LogP contribution in [-0.2, 0) is 19.4 Å². The van der Waals surface area contributed by atoms with Gasteiger partial charge in [0, 0.05) is 19.0 Å². The number of nitrogens with two attached hydrogens (primary N) is 1. The van der Waals surface area contributed by atoms with Gasteiger partial charge in [0.15, 0.2) is 0 Å². The van der Waals surface area contributed by atoms with Crippen LogP contribution in [0.1, 0.15) is 36.8 Å². The third-order valence-corrected chi connectivity index (χ3v) is 6.01. The third kappa shape index (κ3) is 3.30. The Morgan fingerprint density at radius 1 is 1.45 bits per heavy atom. The number of hydrogen-bond acceptors (Lipinski definition) is 3. The number of aromatic nitrogens is 2. The van der Waals surface area contributed by atoms with E-state index in [1.165, 1.54) is 0 Å². The van der Waals surface area contributed by atoms with E-state index in [9.17, 15) is 0 Å². The molecule has 0 aromatic carbocycles. The largest absolute Gasteiger partial charge is 0.324 e. The molecule has 0 saturated carbocycles. The smallest absolute Gasteiger partial charge is 0.0850 e. The number of nitrogens with zero attached hydrogens (tertiary/aromatic N) is 2. The normalized spacial score (nSPS) is 12.9. The van der Waals surface area contributed by atoms with Gasteiger partial charge in [-0.15, -0.1) is 11.3 Å². The van der Waals surface area contributed by atoms with Crippen LogP contribution in [0, 0.1) is 0 Å². The van der Waals surface area contributed by atoms with Crippen LogP contribution in [-0.4, -0.2) is 9.78 Å². The standard InChI is InChI=1S/C13H16Br2ClN3S/c1-3-9-12(16)10(19(4-2)18-9)6-8(17)7-5-11(14)20-13(7)15/h5,8H,3-4,6,17H2,1-2H3. The van der Waals surface area contributed by atoms with Gasteiger partial charge in [-0.05, 0) is 56.8 Å². The molecule has 0 radical (unpaired) electrons. The van der Waals surface area contributed by atoms with Crippen molar-refractivity contribution in [2.75, 3.05) is 0 Å². The monoisotopic (exact) mass is 439 g/mol. The Hall–Kier alpha value is 0.120. The van der Waals surface area contributed by atoms with E-state index in [1.54, 1.807) is 11.3 Å². The van der Waals surface area contributed by atoms with Crippen molar-refractivity contribution in [1.82, 2.24) is 9.78 Å². The van der Waals surface area contributed by atoms with E-state index in [1.807, 2.05) is 4.68 Å². The molecule has 7 heteroatoms. The molecule has 3 nitrogen and oxygen atoms in total. The minimum Gasteiger partial charge on any atom is -0.324 e. The van der Waals surface area contributed by atoms with E-state index in [0.29, 0.717) is 6.42 Å². The summed E-state index contributed by atoms with van der Waals surface area (Å²) in [7, 11) is 0. The van der Waals surface area contributed by atoms with Gasteiger partial charge < -0.3 is 5.73 Å². The van der Waals surface area contributed by atoms with Gasteiger partial charge in [0.1, 0.15) is 0 Å². The first-order chi connectivity index (χ1) is 9.47. The van der Waals surface area contributed by atoms with Crippen LogP contribution in [0.3, 0.4) is 0 Å². The summed E-state index contributed by atoms with van der Waals surface area (Å²) in [5, 5.41) is 5.29. The molecule has 20 heavy (non-hydrogen) atoms. The summed E-state index contributed by atoms with van der Waals surface area (Å²) in [6.07, 6.45) is 1.52. The molecule has 0 fully saturated rings. The number of aryl methyl sites for hydroxylation is 2. The highest BCUT2D eigenvalue weighted by molar-refractivity contribution is 9.12. The van der Waals surface area contributed by atoms with Crippen LogP contribution in [0.4, 0.5) is 0 Å². The molecule has 2 aromatic rings. The zero-order chi connectivity index (χ0) is 14.9. The zero-order valence-electron chi connectivity index (χ0n) is 11.3. The molecule has 0 aliphatic heterocycles. The van der Waals surface area contributed by atoms with Crippen LogP contribution in [0.25, 0.3) is 0 Å². The van der Waals surface area contributed by atoms with Gasteiger partial charge in [-0.1, -0.05) is 18.5 Å². The van der Waals surface area contributed by atoms with E-state index >= 15 is 0 Å². The van der Waals surface area contributed by atoms with Crippen LogP contribution >= 0.6 is 54.8 Å². The van der Waals surface area contributed by atoms with Crippen molar-refractivity contribution in [2.24, 2.45) is 5.73 Å². The van der Waals surface area contributed by atoms with Crippen molar-refractivity contribution < 1.29 is 0 Å². The molecule has 0 aliphatic carbocycles. The molecular formula is C13H16Br2ClN3S. The Kier molecular flexibility index (Phi) is 5.71. The van der Waals surface area contributed by atoms with E-state index < -0.39 is 0 Å². The molecule has 2 aromatic heterocycles. The summed E-state index contributed by atoms with van der Waals surface area (Å²) in [5.41, 5.74) is 9.40. The predicted octanol–water partition coefficient (Wildman–Crippen LogP) is 4.95. The zero-order valence-corrected chi connectivity index (χ0v) is 16.0. The lowest BCUT2D eigenvalue weighted by Crippen LogP contribution is -2.16. The minimum absolute atomic E-state index is 0.101. The predicted molar refractivity (Wildman–Crippen MR) is 92.6 cm³/mol. The lowest BCUT2D eigenvalue weighted by atomic mass is 10.1. The molecule has 1 unspecified atom stereocenters. The van der Waals surface area contributed by atoms with Gasteiger partial charge in [0.25, 0.3) is 0 Å². The molecule has 110 valence electrons. The highest BCUT2D eigenvalue weighted by Gasteiger charge is 2.20. The van der Waals surface area contributed by atoms with Crippen molar-refractivity contribution in [1.29, 1.82) is 0 Å². The molecule has 2 N–H and O–H groups in total. The van der Waals surface area contributed by atoms with Crippen LogP contribution in [0.5, 0.6) is 0 Å². The molecule has 1 atom stereocenters. The fourth-order valence-electron chi connectivity index (χ4n) is 2.14. The quantitative estimate of drug-likeness (QED) is 0.714. The summed E-state index contributed by atoms with van der Waals surface area (Å²) in [4.78, 5) is 0. The van der Waals surface area contributed by atoms with Crippen molar-refractivity contribution in [3.8, 4) is 0 Å². The molecule has 0 saturated heterocycles. The Morgan fingerprint density at radius 3 is 2.65 bits per heavy atom. The van der Waals surface area contributed by atoms with Gasteiger partial charge in [-0.3, -0.25) is 4.68 Å². The minimum atomic E-state index is -0.101. The van der Waals surface area contributed by atoms with E-state index in [4.69, 9.17) is 17.3 Å². The molecular weight excluding hydrogens is 425 g/mol. The van der Waals surface area contributed by atoms with Crippen LogP contribution in [0.2, 0.25) is 5.02 Å². The highest BCUT2D eigenvalue weighted by atomic mass is 79.9. The lowest BCUT2D eigenvalue weighted by Gasteiger charge is -2.12. The Balaban J connectivity index is 2.29.